The maximum atomic E-state index is 12.0. The molecular weight excluding hydrogens is 309 g/mol. The fourth-order valence-corrected chi connectivity index (χ4v) is 2.11. The maximum absolute atomic E-state index is 12.0. The van der Waals surface area contributed by atoms with Crippen LogP contribution in [-0.2, 0) is 11.2 Å². The lowest BCUT2D eigenvalue weighted by atomic mass is 10.1. The molecule has 6 heteroatoms. The highest BCUT2D eigenvalue weighted by atomic mass is 35.5. The van der Waals surface area contributed by atoms with Gasteiger partial charge >= 0.3 is 0 Å². The lowest BCUT2D eigenvalue weighted by Gasteiger charge is -2.08. The van der Waals surface area contributed by atoms with E-state index >= 15 is 0 Å². The molecule has 2 aromatic carbocycles. The number of benzene rings is 2. The van der Waals surface area contributed by atoms with E-state index in [0.29, 0.717) is 27.0 Å². The Hall–Kier alpha value is -2.22. The zero-order valence-electron chi connectivity index (χ0n) is 10.9. The van der Waals surface area contributed by atoms with Crippen molar-refractivity contribution in [3.8, 4) is 6.07 Å². The summed E-state index contributed by atoms with van der Waals surface area (Å²) in [6, 6.07) is 11.7. The van der Waals surface area contributed by atoms with Gasteiger partial charge in [0.15, 0.2) is 0 Å². The van der Waals surface area contributed by atoms with Crippen molar-refractivity contribution in [2.24, 2.45) is 0 Å². The second kappa shape index (κ2) is 6.49. The van der Waals surface area contributed by atoms with Crippen LogP contribution in [-0.4, -0.2) is 5.91 Å². The number of nitrogen functional groups attached to an aromatic ring is 1. The zero-order valence-corrected chi connectivity index (χ0v) is 12.4. The zero-order chi connectivity index (χ0) is 15.4. The van der Waals surface area contributed by atoms with Gasteiger partial charge in [0.25, 0.3) is 0 Å². The fourth-order valence-electron chi connectivity index (χ4n) is 1.79. The maximum Gasteiger partial charge on any atom is 0.228 e. The molecule has 106 valence electrons. The number of rotatable bonds is 3. The van der Waals surface area contributed by atoms with Gasteiger partial charge in [0, 0.05) is 5.69 Å². The summed E-state index contributed by atoms with van der Waals surface area (Å²) < 4.78 is 0. The van der Waals surface area contributed by atoms with E-state index in [9.17, 15) is 4.79 Å². The van der Waals surface area contributed by atoms with E-state index in [4.69, 9.17) is 34.2 Å². The predicted octanol–water partition coefficient (Wildman–Crippen LogP) is 3.63. The van der Waals surface area contributed by atoms with Gasteiger partial charge in [-0.2, -0.15) is 5.26 Å². The normalized spacial score (nSPS) is 9.95. The van der Waals surface area contributed by atoms with Crippen LogP contribution in [0.25, 0.3) is 0 Å². The van der Waals surface area contributed by atoms with E-state index in [0.717, 1.165) is 5.56 Å². The molecule has 0 aliphatic heterocycles. The van der Waals surface area contributed by atoms with Gasteiger partial charge in [-0.1, -0.05) is 29.3 Å². The Balaban J connectivity index is 2.12. The number of amides is 1. The van der Waals surface area contributed by atoms with Crippen molar-refractivity contribution >= 4 is 40.5 Å². The number of nitrogens with zero attached hydrogens (tertiary/aromatic N) is 1. The second-order valence-corrected chi connectivity index (χ2v) is 5.20. The Bertz CT molecular complexity index is 738. The molecule has 4 nitrogen and oxygen atoms in total. The number of carbonyl (C=O) groups excluding carboxylic acids is 1. The van der Waals surface area contributed by atoms with Gasteiger partial charge in [0.2, 0.25) is 5.91 Å². The van der Waals surface area contributed by atoms with Crippen LogP contribution in [0.1, 0.15) is 11.1 Å². The van der Waals surface area contributed by atoms with Gasteiger partial charge in [-0.05, 0) is 35.9 Å². The molecular formula is C15H11Cl2N3O. The number of halogens is 2. The van der Waals surface area contributed by atoms with Crippen LogP contribution < -0.4 is 11.1 Å². The van der Waals surface area contributed by atoms with E-state index < -0.39 is 0 Å². The van der Waals surface area contributed by atoms with Gasteiger partial charge in [0.05, 0.1) is 27.7 Å². The standard InChI is InChI=1S/C15H11Cl2N3O/c16-12-3-1-9(5-13(12)17)6-15(21)20-14-4-2-11(19)7-10(14)8-18/h1-5,7H,6,19H2,(H,20,21). The monoisotopic (exact) mass is 319 g/mol. The molecule has 3 N–H and O–H groups in total. The summed E-state index contributed by atoms with van der Waals surface area (Å²) in [4.78, 5) is 12.0. The predicted molar refractivity (Wildman–Crippen MR) is 84.4 cm³/mol. The number of nitrogens with two attached hydrogens (primary N) is 1. The average molecular weight is 320 g/mol. The number of nitriles is 1. The van der Waals surface area contributed by atoms with Crippen LogP contribution in [0.5, 0.6) is 0 Å². The van der Waals surface area contributed by atoms with Crippen LogP contribution in [0, 0.1) is 11.3 Å². The quantitative estimate of drug-likeness (QED) is 0.848. The Labute approximate surface area is 132 Å². The topological polar surface area (TPSA) is 78.9 Å². The molecule has 0 saturated carbocycles. The largest absolute Gasteiger partial charge is 0.399 e. The highest BCUT2D eigenvalue weighted by Gasteiger charge is 2.09. The minimum absolute atomic E-state index is 0.131. The molecule has 1 amide bonds. The number of carbonyl (C=O) groups is 1. The highest BCUT2D eigenvalue weighted by molar-refractivity contribution is 6.42. The average Bonchev–Trinajstić information content (AvgIpc) is 2.44. The molecule has 0 heterocycles. The van der Waals surface area contributed by atoms with Crippen molar-refractivity contribution in [3.63, 3.8) is 0 Å². The Kier molecular flexibility index (Phi) is 4.69. The van der Waals surface area contributed by atoms with Gasteiger partial charge in [-0.3, -0.25) is 4.79 Å². The molecule has 0 aliphatic carbocycles. The van der Waals surface area contributed by atoms with E-state index in [-0.39, 0.29) is 12.3 Å². The highest BCUT2D eigenvalue weighted by Crippen LogP contribution is 2.23. The molecule has 2 rings (SSSR count). The van der Waals surface area contributed by atoms with Crippen molar-refractivity contribution in [1.29, 1.82) is 5.26 Å². The Morgan fingerprint density at radius 1 is 1.19 bits per heavy atom. The molecule has 0 unspecified atom stereocenters. The molecule has 21 heavy (non-hydrogen) atoms. The Morgan fingerprint density at radius 2 is 1.95 bits per heavy atom. The van der Waals surface area contributed by atoms with Crippen LogP contribution in [0.3, 0.4) is 0 Å². The summed E-state index contributed by atoms with van der Waals surface area (Å²) in [6.07, 6.45) is 0.131. The number of anilines is 2. The van der Waals surface area contributed by atoms with Crippen LogP contribution in [0.4, 0.5) is 11.4 Å². The minimum atomic E-state index is -0.255. The molecule has 2 aromatic rings. The van der Waals surface area contributed by atoms with Crippen LogP contribution in [0.2, 0.25) is 10.0 Å². The molecule has 0 aromatic heterocycles. The van der Waals surface area contributed by atoms with Crippen molar-refractivity contribution < 1.29 is 4.79 Å². The lowest BCUT2D eigenvalue weighted by Crippen LogP contribution is -2.15. The first kappa shape index (κ1) is 15.2. The fraction of sp³-hybridized carbons (Fsp3) is 0.0667. The number of nitrogens with one attached hydrogen (secondary N) is 1. The number of hydrogen-bond donors (Lipinski definition) is 2. The SMILES string of the molecule is N#Cc1cc(N)ccc1NC(=O)Cc1ccc(Cl)c(Cl)c1. The first-order chi connectivity index (χ1) is 9.99. The number of hydrogen-bond acceptors (Lipinski definition) is 3. The van der Waals surface area contributed by atoms with E-state index in [1.807, 2.05) is 6.07 Å². The third-order valence-electron chi connectivity index (χ3n) is 2.79. The molecule has 0 bridgehead atoms. The summed E-state index contributed by atoms with van der Waals surface area (Å²) in [7, 11) is 0. The van der Waals surface area contributed by atoms with E-state index in [1.54, 1.807) is 30.3 Å². The molecule has 0 radical (unpaired) electrons. The first-order valence-electron chi connectivity index (χ1n) is 6.03. The van der Waals surface area contributed by atoms with Gasteiger partial charge in [-0.25, -0.2) is 0 Å². The van der Waals surface area contributed by atoms with Gasteiger partial charge in [0.1, 0.15) is 6.07 Å². The van der Waals surface area contributed by atoms with Crippen LogP contribution >= 0.6 is 23.2 Å². The summed E-state index contributed by atoms with van der Waals surface area (Å²) in [5.74, 6) is -0.255. The summed E-state index contributed by atoms with van der Waals surface area (Å²) in [6.45, 7) is 0. The van der Waals surface area contributed by atoms with E-state index in [1.165, 1.54) is 6.07 Å². The Morgan fingerprint density at radius 3 is 2.62 bits per heavy atom. The van der Waals surface area contributed by atoms with Crippen molar-refractivity contribution in [3.05, 3.63) is 57.6 Å². The lowest BCUT2D eigenvalue weighted by molar-refractivity contribution is -0.115. The molecule has 0 saturated heterocycles. The minimum Gasteiger partial charge on any atom is -0.399 e. The second-order valence-electron chi connectivity index (χ2n) is 4.39. The summed E-state index contributed by atoms with van der Waals surface area (Å²) >= 11 is 11.7. The molecule has 0 atom stereocenters. The smallest absolute Gasteiger partial charge is 0.228 e. The van der Waals surface area contributed by atoms with Crippen molar-refractivity contribution in [2.45, 2.75) is 6.42 Å². The molecule has 0 spiro atoms. The van der Waals surface area contributed by atoms with Gasteiger partial charge < -0.3 is 11.1 Å². The van der Waals surface area contributed by atoms with Crippen molar-refractivity contribution in [2.75, 3.05) is 11.1 Å². The molecule has 0 fully saturated rings. The third kappa shape index (κ3) is 3.88. The molecule has 0 aliphatic rings. The van der Waals surface area contributed by atoms with E-state index in [2.05, 4.69) is 5.32 Å². The first-order valence-corrected chi connectivity index (χ1v) is 6.78. The van der Waals surface area contributed by atoms with Crippen molar-refractivity contribution in [1.82, 2.24) is 0 Å². The third-order valence-corrected chi connectivity index (χ3v) is 3.53. The van der Waals surface area contributed by atoms with Gasteiger partial charge in [-0.15, -0.1) is 0 Å². The summed E-state index contributed by atoms with van der Waals surface area (Å²) in [5, 5.41) is 12.5. The summed E-state index contributed by atoms with van der Waals surface area (Å²) in [5.41, 5.74) is 7.54. The van der Waals surface area contributed by atoms with Crippen LogP contribution in [0.15, 0.2) is 36.4 Å².